The van der Waals surface area contributed by atoms with Gasteiger partial charge in [0.25, 0.3) is 0 Å². The lowest BCUT2D eigenvalue weighted by Crippen LogP contribution is -2.36. The largest absolute Gasteiger partial charge is 0.370 e. The highest BCUT2D eigenvalue weighted by Crippen LogP contribution is 2.27. The van der Waals surface area contributed by atoms with Crippen molar-refractivity contribution in [3.63, 3.8) is 0 Å². The molecule has 0 radical (unpaired) electrons. The van der Waals surface area contributed by atoms with Crippen LogP contribution in [-0.2, 0) is 4.79 Å². The molecule has 120 valence electrons. The fourth-order valence-electron chi connectivity index (χ4n) is 1.99. The molecule has 0 heterocycles. The Hall–Kier alpha value is -1.46. The summed E-state index contributed by atoms with van der Waals surface area (Å²) in [6.07, 6.45) is 2.40. The van der Waals surface area contributed by atoms with Gasteiger partial charge >= 0.3 is 0 Å². The number of carbonyl (C=O) groups is 1. The van der Waals surface area contributed by atoms with Gasteiger partial charge in [0.2, 0.25) is 5.91 Å². The van der Waals surface area contributed by atoms with Crippen LogP contribution in [0.15, 0.2) is 23.2 Å². The quantitative estimate of drug-likeness (QED) is 0.548. The van der Waals surface area contributed by atoms with Gasteiger partial charge in [-0.15, -0.1) is 0 Å². The van der Waals surface area contributed by atoms with Crippen LogP contribution in [-0.4, -0.2) is 25.0 Å². The number of rotatable bonds is 6. The molecule has 1 amide bonds. The first-order chi connectivity index (χ1) is 10.5. The molecule has 1 unspecified atom stereocenters. The number of nitrogens with one attached hydrogen (secondary N) is 2. The van der Waals surface area contributed by atoms with E-state index in [1.165, 1.54) is 12.8 Å². The van der Waals surface area contributed by atoms with Crippen LogP contribution in [0, 0.1) is 5.92 Å². The molecular formula is C15H20Cl2N4O. The van der Waals surface area contributed by atoms with E-state index in [1.54, 1.807) is 12.1 Å². The summed E-state index contributed by atoms with van der Waals surface area (Å²) in [5.41, 5.74) is 6.66. The number of hydrogen-bond donors (Lipinski definition) is 3. The van der Waals surface area contributed by atoms with Gasteiger partial charge < -0.3 is 16.4 Å². The Labute approximate surface area is 140 Å². The zero-order chi connectivity index (χ0) is 16.1. The van der Waals surface area contributed by atoms with Crippen LogP contribution in [0.1, 0.15) is 31.4 Å². The summed E-state index contributed by atoms with van der Waals surface area (Å²) in [6, 6.07) is 5.13. The average Bonchev–Trinajstić information content (AvgIpc) is 3.26. The monoisotopic (exact) mass is 342 g/mol. The lowest BCUT2D eigenvalue weighted by molar-refractivity contribution is -0.119. The number of benzene rings is 1. The average molecular weight is 343 g/mol. The zero-order valence-electron chi connectivity index (χ0n) is 12.4. The second kappa shape index (κ2) is 7.70. The van der Waals surface area contributed by atoms with E-state index in [9.17, 15) is 4.79 Å². The molecule has 0 bridgehead atoms. The Morgan fingerprint density at radius 3 is 2.82 bits per heavy atom. The third kappa shape index (κ3) is 5.39. The summed E-state index contributed by atoms with van der Waals surface area (Å²) in [7, 11) is 0. The van der Waals surface area contributed by atoms with Crippen molar-refractivity contribution in [1.29, 1.82) is 0 Å². The number of halogens is 2. The predicted molar refractivity (Wildman–Crippen MR) is 90.2 cm³/mol. The van der Waals surface area contributed by atoms with Gasteiger partial charge in [0.1, 0.15) is 6.54 Å². The minimum Gasteiger partial charge on any atom is -0.370 e. The van der Waals surface area contributed by atoms with Crippen LogP contribution >= 0.6 is 23.2 Å². The Kier molecular flexibility index (Phi) is 5.91. The minimum atomic E-state index is -0.136. The Morgan fingerprint density at radius 1 is 1.45 bits per heavy atom. The molecule has 2 rings (SSSR count). The molecule has 22 heavy (non-hydrogen) atoms. The number of aliphatic imine (C=N–C) groups is 1. The van der Waals surface area contributed by atoms with Crippen LogP contribution in [0.2, 0.25) is 10.0 Å². The first-order valence-electron chi connectivity index (χ1n) is 7.24. The lowest BCUT2D eigenvalue weighted by atomic mass is 10.1. The summed E-state index contributed by atoms with van der Waals surface area (Å²) in [6.45, 7) is 2.66. The van der Waals surface area contributed by atoms with E-state index in [2.05, 4.69) is 15.6 Å². The minimum absolute atomic E-state index is 0.0205. The van der Waals surface area contributed by atoms with Crippen molar-refractivity contribution in [3.05, 3.63) is 33.8 Å². The van der Waals surface area contributed by atoms with Gasteiger partial charge in [-0.3, -0.25) is 4.79 Å². The summed E-state index contributed by atoms with van der Waals surface area (Å²) in [4.78, 5) is 15.6. The van der Waals surface area contributed by atoms with Crippen molar-refractivity contribution in [2.24, 2.45) is 16.6 Å². The van der Waals surface area contributed by atoms with Crippen LogP contribution < -0.4 is 16.4 Å². The Morgan fingerprint density at radius 2 is 2.18 bits per heavy atom. The molecule has 5 nitrogen and oxygen atoms in total. The molecule has 1 atom stereocenters. The fourth-order valence-corrected chi connectivity index (χ4v) is 2.56. The summed E-state index contributed by atoms with van der Waals surface area (Å²) < 4.78 is 0. The van der Waals surface area contributed by atoms with Crippen molar-refractivity contribution in [1.82, 2.24) is 10.6 Å². The Bertz CT molecular complexity index is 573. The molecule has 1 aliphatic rings. The first-order valence-corrected chi connectivity index (χ1v) is 7.99. The van der Waals surface area contributed by atoms with Gasteiger partial charge in [0, 0.05) is 16.6 Å². The standard InChI is InChI=1S/C15H20Cl2N4O/c1-9(12-5-4-11(16)6-13(12)17)21-15(18)20-8-14(22)19-7-10-2-3-10/h4-6,9-10H,2-3,7-8H2,1H3,(H,19,22)(H3,18,20,21). The second-order valence-corrected chi connectivity index (χ2v) is 6.32. The van der Waals surface area contributed by atoms with Gasteiger partial charge in [-0.2, -0.15) is 0 Å². The van der Waals surface area contributed by atoms with E-state index >= 15 is 0 Å². The van der Waals surface area contributed by atoms with E-state index in [1.807, 2.05) is 13.0 Å². The van der Waals surface area contributed by atoms with Crippen LogP contribution in [0.3, 0.4) is 0 Å². The number of carbonyl (C=O) groups excluding carboxylic acids is 1. The van der Waals surface area contributed by atoms with Crippen molar-refractivity contribution in [2.45, 2.75) is 25.8 Å². The molecule has 0 aliphatic heterocycles. The molecule has 0 aromatic heterocycles. The van der Waals surface area contributed by atoms with Crippen molar-refractivity contribution in [2.75, 3.05) is 13.1 Å². The highest BCUT2D eigenvalue weighted by Gasteiger charge is 2.21. The van der Waals surface area contributed by atoms with E-state index in [0.29, 0.717) is 16.0 Å². The molecule has 1 aliphatic carbocycles. The fraction of sp³-hybridized carbons (Fsp3) is 0.467. The number of guanidine groups is 1. The van der Waals surface area contributed by atoms with Crippen molar-refractivity contribution in [3.8, 4) is 0 Å². The van der Waals surface area contributed by atoms with E-state index < -0.39 is 0 Å². The predicted octanol–water partition coefficient (Wildman–Crippen LogP) is 2.48. The smallest absolute Gasteiger partial charge is 0.241 e. The topological polar surface area (TPSA) is 79.5 Å². The molecule has 1 saturated carbocycles. The third-order valence-corrected chi connectivity index (χ3v) is 4.03. The highest BCUT2D eigenvalue weighted by molar-refractivity contribution is 6.35. The third-order valence-electron chi connectivity index (χ3n) is 3.47. The van der Waals surface area contributed by atoms with Crippen LogP contribution in [0.4, 0.5) is 0 Å². The maximum atomic E-state index is 11.6. The molecule has 7 heteroatoms. The lowest BCUT2D eigenvalue weighted by Gasteiger charge is -2.16. The number of nitrogens with zero attached hydrogens (tertiary/aromatic N) is 1. The van der Waals surface area contributed by atoms with Gasteiger partial charge in [-0.05, 0) is 43.4 Å². The van der Waals surface area contributed by atoms with E-state index in [4.69, 9.17) is 28.9 Å². The van der Waals surface area contributed by atoms with Gasteiger partial charge in [0.15, 0.2) is 5.96 Å². The van der Waals surface area contributed by atoms with Crippen molar-refractivity contribution < 1.29 is 4.79 Å². The second-order valence-electron chi connectivity index (χ2n) is 5.48. The molecule has 0 saturated heterocycles. The van der Waals surface area contributed by atoms with Gasteiger partial charge in [0.05, 0.1) is 6.04 Å². The molecule has 1 aromatic rings. The maximum absolute atomic E-state index is 11.6. The first kappa shape index (κ1) is 16.9. The summed E-state index contributed by atoms with van der Waals surface area (Å²) >= 11 is 12.0. The SMILES string of the molecule is CC(NC(N)=NCC(=O)NCC1CC1)c1ccc(Cl)cc1Cl. The highest BCUT2D eigenvalue weighted by atomic mass is 35.5. The summed E-state index contributed by atoms with van der Waals surface area (Å²) in [5, 5.41) is 6.98. The van der Waals surface area contributed by atoms with Crippen molar-refractivity contribution >= 4 is 35.1 Å². The molecule has 4 N–H and O–H groups in total. The Balaban J connectivity index is 1.82. The van der Waals surface area contributed by atoms with Crippen LogP contribution in [0.25, 0.3) is 0 Å². The van der Waals surface area contributed by atoms with Crippen LogP contribution in [0.5, 0.6) is 0 Å². The molecule has 1 aromatic carbocycles. The summed E-state index contributed by atoms with van der Waals surface area (Å²) in [5.74, 6) is 0.740. The normalized spacial score (nSPS) is 16.2. The molecule has 0 spiro atoms. The van der Waals surface area contributed by atoms with Gasteiger partial charge in [-0.25, -0.2) is 4.99 Å². The maximum Gasteiger partial charge on any atom is 0.241 e. The zero-order valence-corrected chi connectivity index (χ0v) is 13.9. The van der Waals surface area contributed by atoms with E-state index in [-0.39, 0.29) is 24.5 Å². The number of amides is 1. The number of nitrogens with two attached hydrogens (primary N) is 1. The van der Waals surface area contributed by atoms with E-state index in [0.717, 1.165) is 12.1 Å². The molecular weight excluding hydrogens is 323 g/mol. The number of hydrogen-bond acceptors (Lipinski definition) is 2. The van der Waals surface area contributed by atoms with Gasteiger partial charge in [-0.1, -0.05) is 29.3 Å². The molecule has 1 fully saturated rings.